The third kappa shape index (κ3) is 4.48. The molecule has 0 aromatic heterocycles. The Morgan fingerprint density at radius 3 is 2.52 bits per heavy atom. The predicted octanol–water partition coefficient (Wildman–Crippen LogP) is 4.96. The number of carbonyl (C=O) groups is 2. The van der Waals surface area contributed by atoms with Gasteiger partial charge in [0.05, 0.1) is 12.6 Å². The van der Waals surface area contributed by atoms with Gasteiger partial charge in [0.1, 0.15) is 11.8 Å². The van der Waals surface area contributed by atoms with Gasteiger partial charge in [-0.15, -0.1) is 0 Å². The van der Waals surface area contributed by atoms with E-state index in [1.165, 1.54) is 0 Å². The number of nitrogens with one attached hydrogen (secondary N) is 1. The summed E-state index contributed by atoms with van der Waals surface area (Å²) < 4.78 is 6.25. The summed E-state index contributed by atoms with van der Waals surface area (Å²) in [5.41, 5.74) is 0.762. The lowest BCUT2D eigenvalue weighted by atomic mass is 9.83. The van der Waals surface area contributed by atoms with Crippen molar-refractivity contribution in [2.45, 2.75) is 57.3 Å². The molecule has 0 bridgehead atoms. The van der Waals surface area contributed by atoms with Gasteiger partial charge in [0.25, 0.3) is 5.91 Å². The quantitative estimate of drug-likeness (QED) is 0.730. The van der Waals surface area contributed by atoms with Gasteiger partial charge in [-0.1, -0.05) is 54.9 Å². The van der Waals surface area contributed by atoms with Crippen LogP contribution in [0.5, 0.6) is 0 Å². The minimum Gasteiger partial charge on any atom is -0.353 e. The number of benzene rings is 2. The molecule has 2 aromatic rings. The highest BCUT2D eigenvalue weighted by atomic mass is 35.5. The van der Waals surface area contributed by atoms with Crippen LogP contribution in [0.25, 0.3) is 0 Å². The average molecular weight is 441 g/mol. The van der Waals surface area contributed by atoms with E-state index in [1.54, 1.807) is 29.2 Å². The number of halogens is 1. The van der Waals surface area contributed by atoms with Crippen LogP contribution >= 0.6 is 11.6 Å². The first kappa shape index (κ1) is 21.8. The van der Waals surface area contributed by atoms with Crippen LogP contribution in [0.4, 0.5) is 0 Å². The molecule has 2 aliphatic rings. The molecular weight excluding hydrogens is 412 g/mol. The van der Waals surface area contributed by atoms with E-state index >= 15 is 0 Å². The first-order valence-corrected chi connectivity index (χ1v) is 11.4. The van der Waals surface area contributed by atoms with E-state index in [2.05, 4.69) is 12.2 Å². The number of amides is 2. The van der Waals surface area contributed by atoms with E-state index in [0.717, 1.165) is 31.2 Å². The van der Waals surface area contributed by atoms with Crippen LogP contribution in [0.15, 0.2) is 54.6 Å². The number of hydrogen-bond donors (Lipinski definition) is 1. The number of hydrogen-bond acceptors (Lipinski definition) is 3. The molecule has 2 aromatic carbocycles. The van der Waals surface area contributed by atoms with E-state index in [-0.39, 0.29) is 24.5 Å². The number of ether oxygens (including phenoxy) is 1. The summed E-state index contributed by atoms with van der Waals surface area (Å²) in [4.78, 5) is 28.6. The highest BCUT2D eigenvalue weighted by molar-refractivity contribution is 6.31. The molecule has 1 spiro atoms. The molecule has 1 saturated heterocycles. The van der Waals surface area contributed by atoms with Gasteiger partial charge in [-0.05, 0) is 62.3 Å². The van der Waals surface area contributed by atoms with Gasteiger partial charge in [-0.3, -0.25) is 14.5 Å². The summed E-state index contributed by atoms with van der Waals surface area (Å²) in [5.74, 6) is 0.188. The highest BCUT2D eigenvalue weighted by Gasteiger charge is 2.53. The van der Waals surface area contributed by atoms with E-state index in [1.807, 2.05) is 37.3 Å². The molecule has 4 rings (SSSR count). The van der Waals surface area contributed by atoms with Crippen molar-refractivity contribution in [2.75, 3.05) is 6.61 Å². The zero-order chi connectivity index (χ0) is 22.0. The van der Waals surface area contributed by atoms with Gasteiger partial charge in [-0.2, -0.15) is 0 Å². The Kier molecular flexibility index (Phi) is 6.35. The standard InChI is InChI=1S/C25H29ClN2O3/c1-17-11-13-25(14-12-17)28(24(30)20-9-6-10-21(26)15-20)22(16-31-25)23(29)27-18(2)19-7-4-3-5-8-19/h3-10,15,17-18,22H,11-14,16H2,1-2H3,(H,27,29)/t17?,18-,22+,25?/m1/s1. The predicted molar refractivity (Wildman–Crippen MR) is 121 cm³/mol. The monoisotopic (exact) mass is 440 g/mol. The Hall–Kier alpha value is -2.37. The van der Waals surface area contributed by atoms with Gasteiger partial charge in [0.15, 0.2) is 0 Å². The SMILES string of the molecule is CC1CCC2(CC1)OC[C@@H](C(=O)N[C@H](C)c1ccccc1)N2C(=O)c1cccc(Cl)c1. The van der Waals surface area contributed by atoms with Gasteiger partial charge in [0, 0.05) is 10.6 Å². The first-order chi connectivity index (χ1) is 14.9. The smallest absolute Gasteiger partial charge is 0.256 e. The molecule has 31 heavy (non-hydrogen) atoms. The van der Waals surface area contributed by atoms with Crippen molar-refractivity contribution >= 4 is 23.4 Å². The Balaban J connectivity index is 1.61. The minimum absolute atomic E-state index is 0.167. The molecule has 1 aliphatic carbocycles. The molecule has 1 saturated carbocycles. The fourth-order valence-electron chi connectivity index (χ4n) is 4.68. The summed E-state index contributed by atoms with van der Waals surface area (Å²) in [6, 6.07) is 15.9. The fourth-order valence-corrected chi connectivity index (χ4v) is 4.87. The zero-order valence-corrected chi connectivity index (χ0v) is 18.8. The van der Waals surface area contributed by atoms with Crippen molar-refractivity contribution in [2.24, 2.45) is 5.92 Å². The van der Waals surface area contributed by atoms with Crippen molar-refractivity contribution in [3.8, 4) is 0 Å². The summed E-state index contributed by atoms with van der Waals surface area (Å²) in [7, 11) is 0. The molecule has 1 heterocycles. The number of rotatable bonds is 4. The maximum absolute atomic E-state index is 13.6. The van der Waals surface area contributed by atoms with E-state index in [9.17, 15) is 9.59 Å². The van der Waals surface area contributed by atoms with Crippen LogP contribution in [0.2, 0.25) is 5.02 Å². The Bertz CT molecular complexity index is 941. The lowest BCUT2D eigenvalue weighted by Gasteiger charge is -2.43. The summed E-state index contributed by atoms with van der Waals surface area (Å²) in [6.07, 6.45) is 3.40. The Morgan fingerprint density at radius 1 is 1.13 bits per heavy atom. The molecular formula is C25H29ClN2O3. The fraction of sp³-hybridized carbons (Fsp3) is 0.440. The molecule has 2 fully saturated rings. The largest absolute Gasteiger partial charge is 0.353 e. The lowest BCUT2D eigenvalue weighted by molar-refractivity contribution is -0.128. The molecule has 0 unspecified atom stereocenters. The van der Waals surface area contributed by atoms with Gasteiger partial charge < -0.3 is 10.1 Å². The lowest BCUT2D eigenvalue weighted by Crippen LogP contribution is -2.57. The van der Waals surface area contributed by atoms with Crippen LogP contribution in [0.1, 0.15) is 61.5 Å². The summed E-state index contributed by atoms with van der Waals surface area (Å²) in [5, 5.41) is 3.57. The third-order valence-corrected chi connectivity index (χ3v) is 6.80. The van der Waals surface area contributed by atoms with Gasteiger partial charge >= 0.3 is 0 Å². The number of nitrogens with zero attached hydrogens (tertiary/aromatic N) is 1. The van der Waals surface area contributed by atoms with Crippen LogP contribution in [-0.4, -0.2) is 35.1 Å². The van der Waals surface area contributed by atoms with Crippen molar-refractivity contribution in [1.82, 2.24) is 10.2 Å². The van der Waals surface area contributed by atoms with E-state index in [4.69, 9.17) is 16.3 Å². The Labute approximate surface area is 188 Å². The first-order valence-electron chi connectivity index (χ1n) is 11.0. The molecule has 164 valence electrons. The Morgan fingerprint density at radius 2 is 1.84 bits per heavy atom. The molecule has 1 N–H and O–H groups in total. The van der Waals surface area contributed by atoms with Crippen molar-refractivity contribution in [3.63, 3.8) is 0 Å². The van der Waals surface area contributed by atoms with E-state index < -0.39 is 11.8 Å². The third-order valence-electron chi connectivity index (χ3n) is 6.57. The topological polar surface area (TPSA) is 58.6 Å². The van der Waals surface area contributed by atoms with Crippen molar-refractivity contribution in [3.05, 3.63) is 70.7 Å². The number of carbonyl (C=O) groups excluding carboxylic acids is 2. The van der Waals surface area contributed by atoms with Gasteiger partial charge in [0.2, 0.25) is 5.91 Å². The second-order valence-corrected chi connectivity index (χ2v) is 9.22. The molecule has 1 aliphatic heterocycles. The normalized spacial score (nSPS) is 26.6. The molecule has 0 radical (unpaired) electrons. The second kappa shape index (κ2) is 9.01. The van der Waals surface area contributed by atoms with Crippen molar-refractivity contribution in [1.29, 1.82) is 0 Å². The highest BCUT2D eigenvalue weighted by Crippen LogP contribution is 2.43. The summed E-state index contributed by atoms with van der Waals surface area (Å²) in [6.45, 7) is 4.37. The minimum atomic E-state index is -0.732. The van der Waals surface area contributed by atoms with Crippen LogP contribution in [0.3, 0.4) is 0 Å². The van der Waals surface area contributed by atoms with Crippen LogP contribution in [-0.2, 0) is 9.53 Å². The molecule has 2 atom stereocenters. The second-order valence-electron chi connectivity index (χ2n) is 8.78. The molecule has 6 heteroatoms. The summed E-state index contributed by atoms with van der Waals surface area (Å²) >= 11 is 6.15. The van der Waals surface area contributed by atoms with Crippen LogP contribution in [0, 0.1) is 5.92 Å². The van der Waals surface area contributed by atoms with E-state index in [0.29, 0.717) is 16.5 Å². The maximum Gasteiger partial charge on any atom is 0.256 e. The molecule has 2 amide bonds. The average Bonchev–Trinajstić information content (AvgIpc) is 3.15. The van der Waals surface area contributed by atoms with Crippen molar-refractivity contribution < 1.29 is 14.3 Å². The zero-order valence-electron chi connectivity index (χ0n) is 18.0. The molecule has 5 nitrogen and oxygen atoms in total. The van der Waals surface area contributed by atoms with Gasteiger partial charge in [-0.25, -0.2) is 0 Å². The maximum atomic E-state index is 13.6. The van der Waals surface area contributed by atoms with Crippen LogP contribution < -0.4 is 5.32 Å².